The molecular formula is C17H17N3O. The van der Waals surface area contributed by atoms with Crippen molar-refractivity contribution in [3.8, 4) is 11.3 Å². The Bertz CT molecular complexity index is 680. The summed E-state index contributed by atoms with van der Waals surface area (Å²) < 4.78 is 1.69. The molecule has 0 saturated carbocycles. The van der Waals surface area contributed by atoms with Gasteiger partial charge in [0.1, 0.15) is 5.69 Å². The van der Waals surface area contributed by atoms with E-state index >= 15 is 0 Å². The molecule has 1 atom stereocenters. The van der Waals surface area contributed by atoms with Crippen molar-refractivity contribution in [2.75, 3.05) is 0 Å². The maximum absolute atomic E-state index is 10.1. The lowest BCUT2D eigenvalue weighted by molar-refractivity contribution is 0.148. The zero-order valence-electron chi connectivity index (χ0n) is 11.6. The molecule has 0 saturated heterocycles. The Labute approximate surface area is 123 Å². The molecule has 1 N–H and O–H groups in total. The van der Waals surface area contributed by atoms with Crippen LogP contribution in [0, 0.1) is 0 Å². The van der Waals surface area contributed by atoms with Crippen LogP contribution in [0.4, 0.5) is 0 Å². The second-order valence-corrected chi connectivity index (χ2v) is 5.04. The van der Waals surface area contributed by atoms with Gasteiger partial charge in [-0.3, -0.25) is 0 Å². The largest absolute Gasteiger partial charge is 0.391 e. The van der Waals surface area contributed by atoms with Crippen LogP contribution in [0.5, 0.6) is 0 Å². The summed E-state index contributed by atoms with van der Waals surface area (Å²) in [5.41, 5.74) is 2.97. The molecule has 3 aromatic rings. The molecule has 21 heavy (non-hydrogen) atoms. The predicted octanol–water partition coefficient (Wildman–Crippen LogP) is 2.55. The SMILES string of the molecule is OC(Cc1ccccc1)Cn1cc(-c2ccccc2)nn1. The summed E-state index contributed by atoms with van der Waals surface area (Å²) in [6.07, 6.45) is 2.00. The molecule has 3 rings (SSSR count). The average Bonchev–Trinajstić information content (AvgIpc) is 2.97. The lowest BCUT2D eigenvalue weighted by Gasteiger charge is -2.09. The minimum Gasteiger partial charge on any atom is -0.391 e. The van der Waals surface area contributed by atoms with E-state index in [-0.39, 0.29) is 0 Å². The van der Waals surface area contributed by atoms with Crippen LogP contribution in [0.2, 0.25) is 0 Å². The van der Waals surface area contributed by atoms with Crippen molar-refractivity contribution in [2.45, 2.75) is 19.1 Å². The maximum Gasteiger partial charge on any atom is 0.113 e. The molecule has 0 spiro atoms. The number of aliphatic hydroxyl groups excluding tert-OH is 1. The summed E-state index contributed by atoms with van der Waals surface area (Å²) in [4.78, 5) is 0. The molecule has 0 aliphatic carbocycles. The first-order valence-electron chi connectivity index (χ1n) is 6.99. The molecule has 1 unspecified atom stereocenters. The van der Waals surface area contributed by atoms with Gasteiger partial charge in [0.2, 0.25) is 0 Å². The third-order valence-electron chi connectivity index (χ3n) is 3.32. The first-order valence-corrected chi connectivity index (χ1v) is 6.99. The van der Waals surface area contributed by atoms with Crippen LogP contribution < -0.4 is 0 Å². The Balaban J connectivity index is 1.65. The van der Waals surface area contributed by atoms with Crippen LogP contribution in [-0.4, -0.2) is 26.2 Å². The fraction of sp³-hybridized carbons (Fsp3) is 0.176. The highest BCUT2D eigenvalue weighted by Gasteiger charge is 2.09. The Morgan fingerprint density at radius 1 is 0.952 bits per heavy atom. The second kappa shape index (κ2) is 6.33. The molecular weight excluding hydrogens is 262 g/mol. The van der Waals surface area contributed by atoms with Gasteiger partial charge < -0.3 is 5.11 Å². The summed E-state index contributed by atoms with van der Waals surface area (Å²) in [6.45, 7) is 0.439. The number of aliphatic hydroxyl groups is 1. The minimum absolute atomic E-state index is 0.439. The average molecular weight is 279 g/mol. The van der Waals surface area contributed by atoms with Gasteiger partial charge in [-0.1, -0.05) is 65.9 Å². The summed E-state index contributed by atoms with van der Waals surface area (Å²) >= 11 is 0. The lowest BCUT2D eigenvalue weighted by atomic mass is 10.1. The smallest absolute Gasteiger partial charge is 0.113 e. The van der Waals surface area contributed by atoms with E-state index in [1.54, 1.807) is 4.68 Å². The molecule has 4 nitrogen and oxygen atoms in total. The van der Waals surface area contributed by atoms with Gasteiger partial charge in [-0.05, 0) is 5.56 Å². The van der Waals surface area contributed by atoms with Crippen molar-refractivity contribution in [3.05, 3.63) is 72.4 Å². The van der Waals surface area contributed by atoms with Crippen molar-refractivity contribution >= 4 is 0 Å². The molecule has 4 heteroatoms. The van der Waals surface area contributed by atoms with Crippen molar-refractivity contribution in [3.63, 3.8) is 0 Å². The molecule has 106 valence electrons. The molecule has 0 fully saturated rings. The second-order valence-electron chi connectivity index (χ2n) is 5.04. The van der Waals surface area contributed by atoms with Crippen LogP contribution >= 0.6 is 0 Å². The van der Waals surface area contributed by atoms with Crippen LogP contribution in [0.25, 0.3) is 11.3 Å². The molecule has 1 aromatic heterocycles. The fourth-order valence-corrected chi connectivity index (χ4v) is 2.30. The number of benzene rings is 2. The van der Waals surface area contributed by atoms with Gasteiger partial charge in [0, 0.05) is 12.0 Å². The predicted molar refractivity (Wildman–Crippen MR) is 81.6 cm³/mol. The highest BCUT2D eigenvalue weighted by Crippen LogP contribution is 2.15. The van der Waals surface area contributed by atoms with E-state index in [2.05, 4.69) is 10.3 Å². The van der Waals surface area contributed by atoms with Gasteiger partial charge in [-0.25, -0.2) is 4.68 Å². The monoisotopic (exact) mass is 279 g/mol. The highest BCUT2D eigenvalue weighted by atomic mass is 16.3. The van der Waals surface area contributed by atoms with Crippen LogP contribution in [0.15, 0.2) is 66.9 Å². The Morgan fingerprint density at radius 3 is 2.33 bits per heavy atom. The number of hydrogen-bond donors (Lipinski definition) is 1. The normalized spacial score (nSPS) is 12.2. The first-order chi connectivity index (χ1) is 10.3. The quantitative estimate of drug-likeness (QED) is 0.781. The van der Waals surface area contributed by atoms with Crippen molar-refractivity contribution < 1.29 is 5.11 Å². The maximum atomic E-state index is 10.1. The van der Waals surface area contributed by atoms with E-state index in [1.807, 2.05) is 66.9 Å². The topological polar surface area (TPSA) is 50.9 Å². The fourth-order valence-electron chi connectivity index (χ4n) is 2.30. The number of nitrogens with zero attached hydrogens (tertiary/aromatic N) is 3. The van der Waals surface area contributed by atoms with Crippen molar-refractivity contribution in [1.82, 2.24) is 15.0 Å². The number of hydrogen-bond acceptors (Lipinski definition) is 3. The Hall–Kier alpha value is -2.46. The lowest BCUT2D eigenvalue weighted by Crippen LogP contribution is -2.19. The molecule has 0 bridgehead atoms. The van der Waals surface area contributed by atoms with Crippen LogP contribution in [-0.2, 0) is 13.0 Å². The van der Waals surface area contributed by atoms with Crippen LogP contribution in [0.3, 0.4) is 0 Å². The summed E-state index contributed by atoms with van der Waals surface area (Å²) in [6, 6.07) is 19.9. The molecule has 0 aliphatic heterocycles. The van der Waals surface area contributed by atoms with Crippen molar-refractivity contribution in [2.24, 2.45) is 0 Å². The summed E-state index contributed by atoms with van der Waals surface area (Å²) in [7, 11) is 0. The van der Waals surface area contributed by atoms with Gasteiger partial charge in [-0.2, -0.15) is 0 Å². The number of aromatic nitrogens is 3. The van der Waals surface area contributed by atoms with Gasteiger partial charge in [0.15, 0.2) is 0 Å². The molecule has 0 radical (unpaired) electrons. The van der Waals surface area contributed by atoms with Gasteiger partial charge in [0.05, 0.1) is 18.8 Å². The number of rotatable bonds is 5. The summed E-state index contributed by atoms with van der Waals surface area (Å²) in [5, 5.41) is 18.4. The van der Waals surface area contributed by atoms with E-state index < -0.39 is 6.10 Å². The van der Waals surface area contributed by atoms with Crippen molar-refractivity contribution in [1.29, 1.82) is 0 Å². The standard InChI is InChI=1S/C17H17N3O/c21-16(11-14-7-3-1-4-8-14)12-20-13-17(18-19-20)15-9-5-2-6-10-15/h1-10,13,16,21H,11-12H2. The van der Waals surface area contributed by atoms with Gasteiger partial charge in [-0.15, -0.1) is 5.10 Å². The van der Waals surface area contributed by atoms with Gasteiger partial charge >= 0.3 is 0 Å². The van der Waals surface area contributed by atoms with E-state index in [0.717, 1.165) is 16.8 Å². The zero-order valence-corrected chi connectivity index (χ0v) is 11.6. The molecule has 0 aliphatic rings. The highest BCUT2D eigenvalue weighted by molar-refractivity contribution is 5.57. The molecule has 0 amide bonds. The summed E-state index contributed by atoms with van der Waals surface area (Å²) in [5.74, 6) is 0. The van der Waals surface area contributed by atoms with Gasteiger partial charge in [0.25, 0.3) is 0 Å². The molecule has 1 heterocycles. The van der Waals surface area contributed by atoms with E-state index in [1.165, 1.54) is 0 Å². The Morgan fingerprint density at radius 2 is 1.62 bits per heavy atom. The molecule has 2 aromatic carbocycles. The third-order valence-corrected chi connectivity index (χ3v) is 3.32. The minimum atomic E-state index is -0.474. The first kappa shape index (κ1) is 13.5. The third kappa shape index (κ3) is 3.55. The Kier molecular flexibility index (Phi) is 4.07. The van der Waals surface area contributed by atoms with E-state index in [9.17, 15) is 5.11 Å². The zero-order chi connectivity index (χ0) is 14.5. The van der Waals surface area contributed by atoms with E-state index in [4.69, 9.17) is 0 Å². The van der Waals surface area contributed by atoms with E-state index in [0.29, 0.717) is 13.0 Å². The van der Waals surface area contributed by atoms with Crippen LogP contribution in [0.1, 0.15) is 5.56 Å².